The van der Waals surface area contributed by atoms with Crippen LogP contribution in [0.2, 0.25) is 0 Å². The highest BCUT2D eigenvalue weighted by molar-refractivity contribution is 6.11. The molecule has 2 aromatic rings. The number of methoxy groups -OCH3 is 1. The number of phenols is 3. The van der Waals surface area contributed by atoms with Crippen molar-refractivity contribution in [1.82, 2.24) is 0 Å². The second-order valence-corrected chi connectivity index (χ2v) is 4.28. The van der Waals surface area contributed by atoms with Crippen LogP contribution in [0.3, 0.4) is 0 Å². The first-order valence-electron chi connectivity index (χ1n) is 6.14. The zero-order valence-electron chi connectivity index (χ0n) is 11.3. The molecule has 0 unspecified atom stereocenters. The maximum absolute atomic E-state index is 12.1. The first-order valence-corrected chi connectivity index (χ1v) is 6.14. The van der Waals surface area contributed by atoms with Crippen molar-refractivity contribution < 1.29 is 24.9 Å². The summed E-state index contributed by atoms with van der Waals surface area (Å²) >= 11 is 0. The van der Waals surface area contributed by atoms with Gasteiger partial charge in [-0.2, -0.15) is 0 Å². The van der Waals surface area contributed by atoms with Crippen LogP contribution in [0.1, 0.15) is 15.9 Å². The molecular weight excluding hydrogens is 272 g/mol. The monoisotopic (exact) mass is 286 g/mol. The molecule has 0 spiro atoms. The molecule has 0 aliphatic carbocycles. The van der Waals surface area contributed by atoms with Gasteiger partial charge in [-0.3, -0.25) is 4.79 Å². The minimum absolute atomic E-state index is 0.260. The lowest BCUT2D eigenvalue weighted by atomic mass is 10.1. The van der Waals surface area contributed by atoms with Crippen molar-refractivity contribution in [3.8, 4) is 23.0 Å². The third-order valence-electron chi connectivity index (χ3n) is 2.89. The van der Waals surface area contributed by atoms with Crippen LogP contribution in [0.25, 0.3) is 6.08 Å². The number of aromatic hydroxyl groups is 3. The summed E-state index contributed by atoms with van der Waals surface area (Å²) in [5.41, 5.74) is 0.479. The van der Waals surface area contributed by atoms with Gasteiger partial charge in [0.1, 0.15) is 11.3 Å². The molecule has 0 saturated carbocycles. The van der Waals surface area contributed by atoms with Gasteiger partial charge in [-0.15, -0.1) is 0 Å². The van der Waals surface area contributed by atoms with E-state index in [0.29, 0.717) is 0 Å². The van der Waals surface area contributed by atoms with Crippen molar-refractivity contribution in [2.45, 2.75) is 0 Å². The van der Waals surface area contributed by atoms with Crippen molar-refractivity contribution in [3.63, 3.8) is 0 Å². The first kappa shape index (κ1) is 14.5. The van der Waals surface area contributed by atoms with Crippen LogP contribution in [0.5, 0.6) is 23.0 Å². The average molecular weight is 286 g/mol. The second-order valence-electron chi connectivity index (χ2n) is 4.28. The summed E-state index contributed by atoms with van der Waals surface area (Å²) in [5, 5.41) is 29.2. The Balaban J connectivity index is 2.38. The molecule has 0 aliphatic heterocycles. The highest BCUT2D eigenvalue weighted by Gasteiger charge is 2.21. The molecule has 0 amide bonds. The zero-order valence-corrected chi connectivity index (χ0v) is 11.3. The quantitative estimate of drug-likeness (QED) is 0.594. The highest BCUT2D eigenvalue weighted by atomic mass is 16.5. The number of carbonyl (C=O) groups is 1. The summed E-state index contributed by atoms with van der Waals surface area (Å²) < 4.78 is 4.80. The molecule has 0 atom stereocenters. The van der Waals surface area contributed by atoms with Gasteiger partial charge >= 0.3 is 0 Å². The molecule has 2 rings (SSSR count). The van der Waals surface area contributed by atoms with Gasteiger partial charge in [0.05, 0.1) is 7.11 Å². The molecule has 108 valence electrons. The summed E-state index contributed by atoms with van der Waals surface area (Å²) in [6, 6.07) is 10.1. The Morgan fingerprint density at radius 2 is 1.76 bits per heavy atom. The predicted octanol–water partition coefficient (Wildman–Crippen LogP) is 2.71. The van der Waals surface area contributed by atoms with Crippen LogP contribution in [0, 0.1) is 0 Å². The molecule has 0 aliphatic rings. The highest BCUT2D eigenvalue weighted by Crippen LogP contribution is 2.43. The largest absolute Gasteiger partial charge is 0.507 e. The lowest BCUT2D eigenvalue weighted by Gasteiger charge is -2.10. The number of ether oxygens (including phenoxy) is 1. The Morgan fingerprint density at radius 1 is 1.10 bits per heavy atom. The Kier molecular flexibility index (Phi) is 4.13. The van der Waals surface area contributed by atoms with E-state index >= 15 is 0 Å². The molecule has 2 aromatic carbocycles. The fourth-order valence-electron chi connectivity index (χ4n) is 1.89. The molecule has 0 aromatic heterocycles. The van der Waals surface area contributed by atoms with Crippen molar-refractivity contribution in [1.29, 1.82) is 0 Å². The molecule has 5 nitrogen and oxygen atoms in total. The van der Waals surface area contributed by atoms with E-state index in [1.165, 1.54) is 13.2 Å². The van der Waals surface area contributed by atoms with Crippen molar-refractivity contribution >= 4 is 11.9 Å². The van der Waals surface area contributed by atoms with Gasteiger partial charge in [0.2, 0.25) is 5.75 Å². The van der Waals surface area contributed by atoms with Gasteiger partial charge in [0, 0.05) is 6.07 Å². The fourth-order valence-corrected chi connectivity index (χ4v) is 1.89. The molecule has 0 bridgehead atoms. The number of benzene rings is 2. The van der Waals surface area contributed by atoms with Crippen molar-refractivity contribution in [3.05, 3.63) is 53.6 Å². The van der Waals surface area contributed by atoms with Crippen LogP contribution in [0.4, 0.5) is 0 Å². The summed E-state index contributed by atoms with van der Waals surface area (Å²) in [4.78, 5) is 12.1. The van der Waals surface area contributed by atoms with E-state index in [-0.39, 0.29) is 11.3 Å². The summed E-state index contributed by atoms with van der Waals surface area (Å²) in [5.74, 6) is -2.43. The van der Waals surface area contributed by atoms with Gasteiger partial charge in [-0.25, -0.2) is 0 Å². The normalized spacial score (nSPS) is 10.7. The molecule has 3 N–H and O–H groups in total. The Labute approximate surface area is 121 Å². The Morgan fingerprint density at radius 3 is 2.38 bits per heavy atom. The van der Waals surface area contributed by atoms with Crippen LogP contribution < -0.4 is 4.74 Å². The minimum Gasteiger partial charge on any atom is -0.507 e. The number of ketones is 1. The molecule has 0 radical (unpaired) electrons. The van der Waals surface area contributed by atoms with Crippen LogP contribution in [-0.2, 0) is 0 Å². The van der Waals surface area contributed by atoms with Gasteiger partial charge in [0.15, 0.2) is 17.3 Å². The molecule has 0 heterocycles. The van der Waals surface area contributed by atoms with Crippen LogP contribution in [0.15, 0.2) is 42.5 Å². The van der Waals surface area contributed by atoms with E-state index in [0.717, 1.165) is 11.6 Å². The zero-order chi connectivity index (χ0) is 15.4. The number of carbonyl (C=O) groups excluding carboxylic acids is 1. The van der Waals surface area contributed by atoms with Gasteiger partial charge in [-0.05, 0) is 11.6 Å². The van der Waals surface area contributed by atoms with Crippen LogP contribution >= 0.6 is 0 Å². The second kappa shape index (κ2) is 6.00. The summed E-state index contributed by atoms with van der Waals surface area (Å²) in [6.45, 7) is 0. The summed E-state index contributed by atoms with van der Waals surface area (Å²) in [6.07, 6.45) is 2.78. The maximum atomic E-state index is 12.1. The lowest BCUT2D eigenvalue weighted by Crippen LogP contribution is -1.98. The van der Waals surface area contributed by atoms with E-state index in [9.17, 15) is 20.1 Å². The number of hydrogen-bond donors (Lipinski definition) is 3. The predicted molar refractivity (Wildman–Crippen MR) is 77.8 cm³/mol. The topological polar surface area (TPSA) is 87.0 Å². The summed E-state index contributed by atoms with van der Waals surface area (Å²) in [7, 11) is 1.24. The first-order chi connectivity index (χ1) is 10.0. The third-order valence-corrected chi connectivity index (χ3v) is 2.89. The van der Waals surface area contributed by atoms with Gasteiger partial charge in [0.25, 0.3) is 0 Å². The van der Waals surface area contributed by atoms with E-state index in [1.54, 1.807) is 18.2 Å². The Hall–Kier alpha value is -2.95. The van der Waals surface area contributed by atoms with E-state index in [2.05, 4.69) is 0 Å². The molecule has 0 saturated heterocycles. The minimum atomic E-state index is -0.604. The van der Waals surface area contributed by atoms with Gasteiger partial charge < -0.3 is 20.1 Å². The number of hydrogen-bond acceptors (Lipinski definition) is 5. The van der Waals surface area contributed by atoms with Crippen molar-refractivity contribution in [2.24, 2.45) is 0 Å². The molecule has 21 heavy (non-hydrogen) atoms. The van der Waals surface area contributed by atoms with E-state index < -0.39 is 23.0 Å². The number of phenolic OH excluding ortho intramolecular Hbond substituents is 3. The average Bonchev–Trinajstić information content (AvgIpc) is 2.46. The third kappa shape index (κ3) is 2.97. The molecule has 5 heteroatoms. The standard InChI is InChI=1S/C16H14O5/c1-21-16-13(19)9-12(18)14(15(16)20)11(17)8-7-10-5-3-2-4-6-10/h2-9,18-20H,1H3. The molecule has 0 fully saturated rings. The maximum Gasteiger partial charge on any atom is 0.203 e. The van der Waals surface area contributed by atoms with E-state index in [4.69, 9.17) is 4.74 Å². The number of rotatable bonds is 4. The smallest absolute Gasteiger partial charge is 0.203 e. The van der Waals surface area contributed by atoms with E-state index in [1.807, 2.05) is 18.2 Å². The van der Waals surface area contributed by atoms with Crippen molar-refractivity contribution in [2.75, 3.05) is 7.11 Å². The van der Waals surface area contributed by atoms with Gasteiger partial charge in [-0.1, -0.05) is 36.4 Å². The SMILES string of the molecule is COc1c(O)cc(O)c(C(=O)C=Cc2ccccc2)c1O. The fraction of sp³-hybridized carbons (Fsp3) is 0.0625. The number of allylic oxidation sites excluding steroid dienone is 1. The molecular formula is C16H14O5. The van der Waals surface area contributed by atoms with Crippen LogP contribution in [-0.4, -0.2) is 28.2 Å². The Bertz CT molecular complexity index is 690. The lowest BCUT2D eigenvalue weighted by molar-refractivity contribution is 0.104.